The largest absolute Gasteiger partial charge is 0.383 e. The number of hydrogen-bond donors (Lipinski definition) is 2. The van der Waals surface area contributed by atoms with E-state index in [-0.39, 0.29) is 10.6 Å². The SMILES string of the molecule is Nc1csc(NN=Cc2cc(F)cc(F)c2Cl)n1. The number of thiazole rings is 1. The van der Waals surface area contributed by atoms with E-state index in [1.54, 1.807) is 5.38 Å². The summed E-state index contributed by atoms with van der Waals surface area (Å²) in [6, 6.07) is 1.78. The molecule has 4 nitrogen and oxygen atoms in total. The van der Waals surface area contributed by atoms with Gasteiger partial charge in [0.1, 0.15) is 17.5 Å². The number of benzene rings is 1. The van der Waals surface area contributed by atoms with Crippen molar-refractivity contribution < 1.29 is 8.78 Å². The molecule has 0 aliphatic rings. The second-order valence-electron chi connectivity index (χ2n) is 3.24. The molecule has 0 atom stereocenters. The Morgan fingerprint density at radius 3 is 2.89 bits per heavy atom. The molecule has 94 valence electrons. The number of rotatable bonds is 3. The van der Waals surface area contributed by atoms with Gasteiger partial charge in [-0.3, -0.25) is 5.43 Å². The summed E-state index contributed by atoms with van der Waals surface area (Å²) < 4.78 is 26.1. The minimum absolute atomic E-state index is 0.131. The highest BCUT2D eigenvalue weighted by Crippen LogP contribution is 2.20. The van der Waals surface area contributed by atoms with Crippen LogP contribution in [0, 0.1) is 11.6 Å². The molecule has 1 aromatic heterocycles. The average molecular weight is 289 g/mol. The molecule has 2 aromatic rings. The Labute approximate surface area is 110 Å². The van der Waals surface area contributed by atoms with Gasteiger partial charge in [-0.15, -0.1) is 11.3 Å². The lowest BCUT2D eigenvalue weighted by molar-refractivity contribution is 0.583. The lowest BCUT2D eigenvalue weighted by Crippen LogP contribution is -1.94. The fourth-order valence-electron chi connectivity index (χ4n) is 1.16. The van der Waals surface area contributed by atoms with Crippen LogP contribution in [0.4, 0.5) is 19.7 Å². The second-order valence-corrected chi connectivity index (χ2v) is 4.47. The second kappa shape index (κ2) is 5.28. The summed E-state index contributed by atoms with van der Waals surface area (Å²) in [7, 11) is 0. The van der Waals surface area contributed by atoms with Crippen LogP contribution in [0.3, 0.4) is 0 Å². The molecular weight excluding hydrogens is 282 g/mol. The van der Waals surface area contributed by atoms with Crippen LogP contribution in [0.5, 0.6) is 0 Å². The summed E-state index contributed by atoms with van der Waals surface area (Å²) in [5, 5.41) is 5.67. The van der Waals surface area contributed by atoms with Gasteiger partial charge in [0.05, 0.1) is 11.2 Å². The zero-order valence-electron chi connectivity index (χ0n) is 8.82. The minimum atomic E-state index is -0.836. The van der Waals surface area contributed by atoms with Crippen molar-refractivity contribution in [3.8, 4) is 0 Å². The van der Waals surface area contributed by atoms with Crippen molar-refractivity contribution in [3.05, 3.63) is 39.7 Å². The average Bonchev–Trinajstić information content (AvgIpc) is 2.71. The van der Waals surface area contributed by atoms with Crippen LogP contribution >= 0.6 is 22.9 Å². The van der Waals surface area contributed by atoms with E-state index >= 15 is 0 Å². The molecule has 0 radical (unpaired) electrons. The van der Waals surface area contributed by atoms with Gasteiger partial charge in [0.25, 0.3) is 0 Å². The predicted molar refractivity (Wildman–Crippen MR) is 69.1 cm³/mol. The maximum Gasteiger partial charge on any atom is 0.205 e. The standard InChI is InChI=1S/C10H7ClF2N4S/c11-9-5(1-6(12)2-7(9)13)3-15-17-10-16-8(14)4-18-10/h1-4H,14H2,(H,16,17). The van der Waals surface area contributed by atoms with E-state index < -0.39 is 11.6 Å². The highest BCUT2D eigenvalue weighted by Gasteiger charge is 2.07. The van der Waals surface area contributed by atoms with Crippen molar-refractivity contribution in [2.24, 2.45) is 5.10 Å². The predicted octanol–water partition coefficient (Wildman–Crippen LogP) is 3.10. The van der Waals surface area contributed by atoms with Gasteiger partial charge >= 0.3 is 0 Å². The Kier molecular flexibility index (Phi) is 3.73. The van der Waals surface area contributed by atoms with Gasteiger partial charge in [-0.1, -0.05) is 11.6 Å². The third-order valence-electron chi connectivity index (χ3n) is 1.91. The van der Waals surface area contributed by atoms with E-state index in [2.05, 4.69) is 15.5 Å². The fraction of sp³-hybridized carbons (Fsp3) is 0. The van der Waals surface area contributed by atoms with Crippen LogP contribution in [0.1, 0.15) is 5.56 Å². The van der Waals surface area contributed by atoms with Crippen LogP contribution in [-0.2, 0) is 0 Å². The van der Waals surface area contributed by atoms with E-state index in [1.807, 2.05) is 0 Å². The number of hydrazone groups is 1. The zero-order valence-corrected chi connectivity index (χ0v) is 10.4. The molecule has 8 heteroatoms. The quantitative estimate of drug-likeness (QED) is 0.518. The molecule has 0 aliphatic heterocycles. The molecule has 0 saturated carbocycles. The smallest absolute Gasteiger partial charge is 0.205 e. The topological polar surface area (TPSA) is 63.3 Å². The normalized spacial score (nSPS) is 11.1. The Hall–Kier alpha value is -1.73. The molecular formula is C10H7ClF2N4S. The molecule has 18 heavy (non-hydrogen) atoms. The number of nitrogens with one attached hydrogen (secondary N) is 1. The number of hydrogen-bond acceptors (Lipinski definition) is 5. The van der Waals surface area contributed by atoms with Gasteiger partial charge in [-0.2, -0.15) is 5.10 Å². The number of nitrogens with zero attached hydrogens (tertiary/aromatic N) is 2. The van der Waals surface area contributed by atoms with Crippen LogP contribution in [-0.4, -0.2) is 11.2 Å². The van der Waals surface area contributed by atoms with Crippen molar-refractivity contribution in [1.29, 1.82) is 0 Å². The molecule has 0 saturated heterocycles. The number of anilines is 2. The van der Waals surface area contributed by atoms with Crippen molar-refractivity contribution in [2.75, 3.05) is 11.2 Å². The first-order valence-corrected chi connectivity index (χ1v) is 5.96. The summed E-state index contributed by atoms with van der Waals surface area (Å²) in [6.07, 6.45) is 1.20. The first-order chi connectivity index (χ1) is 8.56. The summed E-state index contributed by atoms with van der Waals surface area (Å²) in [5.74, 6) is -1.19. The lowest BCUT2D eigenvalue weighted by atomic mass is 10.2. The van der Waals surface area contributed by atoms with E-state index in [4.69, 9.17) is 17.3 Å². The van der Waals surface area contributed by atoms with E-state index in [0.29, 0.717) is 17.0 Å². The lowest BCUT2D eigenvalue weighted by Gasteiger charge is -2.00. The molecule has 0 bridgehead atoms. The molecule has 2 rings (SSSR count). The van der Waals surface area contributed by atoms with Crippen LogP contribution in [0.25, 0.3) is 0 Å². The van der Waals surface area contributed by atoms with E-state index in [9.17, 15) is 8.78 Å². The van der Waals surface area contributed by atoms with E-state index in [1.165, 1.54) is 17.6 Å². The number of aromatic nitrogens is 1. The van der Waals surface area contributed by atoms with Gasteiger partial charge in [0, 0.05) is 17.0 Å². The number of nitrogens with two attached hydrogens (primary N) is 1. The number of halogens is 3. The highest BCUT2D eigenvalue weighted by molar-refractivity contribution is 7.14. The molecule has 0 spiro atoms. The summed E-state index contributed by atoms with van der Waals surface area (Å²) in [5.41, 5.74) is 8.12. The van der Waals surface area contributed by atoms with Crippen molar-refractivity contribution in [1.82, 2.24) is 4.98 Å². The Morgan fingerprint density at radius 1 is 1.44 bits per heavy atom. The summed E-state index contributed by atoms with van der Waals surface area (Å²) in [4.78, 5) is 3.89. The molecule has 0 amide bonds. The number of nitrogen functional groups attached to an aromatic ring is 1. The maximum absolute atomic E-state index is 13.1. The zero-order chi connectivity index (χ0) is 13.1. The van der Waals surface area contributed by atoms with Crippen LogP contribution < -0.4 is 11.2 Å². The Bertz CT molecular complexity index is 600. The first-order valence-electron chi connectivity index (χ1n) is 4.71. The van der Waals surface area contributed by atoms with Gasteiger partial charge in [-0.25, -0.2) is 13.8 Å². The maximum atomic E-state index is 13.1. The van der Waals surface area contributed by atoms with Gasteiger partial charge in [0.2, 0.25) is 5.13 Å². The van der Waals surface area contributed by atoms with E-state index in [0.717, 1.165) is 6.07 Å². The molecule has 1 heterocycles. The van der Waals surface area contributed by atoms with Gasteiger partial charge in [0.15, 0.2) is 0 Å². The van der Waals surface area contributed by atoms with Crippen molar-refractivity contribution in [2.45, 2.75) is 0 Å². The Morgan fingerprint density at radius 2 is 2.22 bits per heavy atom. The third kappa shape index (κ3) is 2.93. The first kappa shape index (κ1) is 12.7. The Balaban J connectivity index is 2.14. The van der Waals surface area contributed by atoms with Crippen molar-refractivity contribution in [3.63, 3.8) is 0 Å². The third-order valence-corrected chi connectivity index (χ3v) is 3.07. The molecule has 3 N–H and O–H groups in total. The fourth-order valence-corrected chi connectivity index (χ4v) is 1.87. The summed E-state index contributed by atoms with van der Waals surface area (Å²) in [6.45, 7) is 0. The van der Waals surface area contributed by atoms with Crippen LogP contribution in [0.2, 0.25) is 5.02 Å². The van der Waals surface area contributed by atoms with Gasteiger partial charge < -0.3 is 5.73 Å². The van der Waals surface area contributed by atoms with Gasteiger partial charge in [-0.05, 0) is 6.07 Å². The minimum Gasteiger partial charge on any atom is -0.383 e. The molecule has 0 aliphatic carbocycles. The van der Waals surface area contributed by atoms with Crippen LogP contribution in [0.15, 0.2) is 22.6 Å². The highest BCUT2D eigenvalue weighted by atomic mass is 35.5. The molecule has 1 aromatic carbocycles. The summed E-state index contributed by atoms with van der Waals surface area (Å²) >= 11 is 6.91. The monoisotopic (exact) mass is 288 g/mol. The van der Waals surface area contributed by atoms with Crippen molar-refractivity contribution >= 4 is 40.1 Å². The molecule has 0 unspecified atom stereocenters. The molecule has 0 fully saturated rings.